The molecule has 3 rings (SSSR count). The van der Waals surface area contributed by atoms with E-state index in [1.54, 1.807) is 0 Å². The lowest BCUT2D eigenvalue weighted by atomic mass is 9.89. The summed E-state index contributed by atoms with van der Waals surface area (Å²) in [5.74, 6) is 2.21. The van der Waals surface area contributed by atoms with Crippen molar-refractivity contribution in [3.63, 3.8) is 0 Å². The number of halogens is 1. The Kier molecular flexibility index (Phi) is 5.81. The van der Waals surface area contributed by atoms with Crippen molar-refractivity contribution >= 4 is 12.4 Å². The summed E-state index contributed by atoms with van der Waals surface area (Å²) in [4.78, 5) is 6.88. The van der Waals surface area contributed by atoms with Gasteiger partial charge >= 0.3 is 0 Å². The molecule has 0 saturated heterocycles. The van der Waals surface area contributed by atoms with Crippen molar-refractivity contribution in [3.05, 3.63) is 11.7 Å². The second-order valence-corrected chi connectivity index (χ2v) is 5.97. The van der Waals surface area contributed by atoms with Gasteiger partial charge in [0.05, 0.1) is 13.1 Å². The van der Waals surface area contributed by atoms with Gasteiger partial charge in [-0.3, -0.25) is 4.90 Å². The van der Waals surface area contributed by atoms with Gasteiger partial charge in [-0.15, -0.1) is 12.4 Å². The molecule has 5 nitrogen and oxygen atoms in total. The molecule has 0 bridgehead atoms. The third kappa shape index (κ3) is 4.17. The van der Waals surface area contributed by atoms with E-state index in [0.29, 0.717) is 12.4 Å². The molecule has 0 atom stereocenters. The number of rotatable bonds is 6. The second-order valence-electron chi connectivity index (χ2n) is 5.97. The van der Waals surface area contributed by atoms with E-state index in [0.717, 1.165) is 24.3 Å². The molecule has 0 spiro atoms. The highest BCUT2D eigenvalue weighted by molar-refractivity contribution is 5.85. The highest BCUT2D eigenvalue weighted by atomic mass is 35.5. The second kappa shape index (κ2) is 7.38. The third-order valence-electron chi connectivity index (χ3n) is 4.31. The minimum atomic E-state index is 0. The maximum atomic E-state index is 5.51. The molecular weight excluding hydrogens is 276 g/mol. The van der Waals surface area contributed by atoms with Crippen molar-refractivity contribution < 1.29 is 4.52 Å². The third-order valence-corrected chi connectivity index (χ3v) is 4.31. The first-order chi connectivity index (χ1) is 9.35. The number of nitrogens with two attached hydrogens (primary N) is 1. The van der Waals surface area contributed by atoms with Crippen LogP contribution in [0.1, 0.15) is 56.7 Å². The van der Waals surface area contributed by atoms with Crippen LogP contribution in [-0.4, -0.2) is 27.6 Å². The van der Waals surface area contributed by atoms with Crippen molar-refractivity contribution in [2.24, 2.45) is 11.7 Å². The van der Waals surface area contributed by atoms with Crippen LogP contribution in [0.5, 0.6) is 0 Å². The number of hydrogen-bond acceptors (Lipinski definition) is 5. The Bertz CT molecular complexity index is 402. The zero-order valence-electron chi connectivity index (χ0n) is 12.0. The first-order valence-corrected chi connectivity index (χ1v) is 7.60. The molecular formula is C14H25ClN4O. The van der Waals surface area contributed by atoms with Crippen LogP contribution in [0.15, 0.2) is 4.52 Å². The summed E-state index contributed by atoms with van der Waals surface area (Å²) < 4.78 is 5.09. The molecule has 2 aliphatic carbocycles. The Morgan fingerprint density at radius 2 is 1.90 bits per heavy atom. The number of nitrogens with zero attached hydrogens (tertiary/aromatic N) is 3. The zero-order valence-corrected chi connectivity index (χ0v) is 12.8. The Morgan fingerprint density at radius 3 is 2.50 bits per heavy atom. The quantitative estimate of drug-likeness (QED) is 0.874. The molecule has 114 valence electrons. The lowest BCUT2D eigenvalue weighted by Gasteiger charge is -2.28. The van der Waals surface area contributed by atoms with E-state index in [-0.39, 0.29) is 12.4 Å². The smallest absolute Gasteiger partial charge is 0.240 e. The van der Waals surface area contributed by atoms with Crippen LogP contribution < -0.4 is 5.73 Å². The Labute approximate surface area is 126 Å². The van der Waals surface area contributed by atoms with Crippen LogP contribution in [0.25, 0.3) is 0 Å². The molecule has 0 amide bonds. The fourth-order valence-electron chi connectivity index (χ4n) is 3.10. The van der Waals surface area contributed by atoms with Crippen molar-refractivity contribution in [1.82, 2.24) is 15.0 Å². The lowest BCUT2D eigenvalue weighted by molar-refractivity contribution is 0.180. The summed E-state index contributed by atoms with van der Waals surface area (Å²) in [6, 6.07) is 0.752. The van der Waals surface area contributed by atoms with E-state index in [9.17, 15) is 0 Å². The maximum absolute atomic E-state index is 5.51. The van der Waals surface area contributed by atoms with Gasteiger partial charge in [-0.25, -0.2) is 0 Å². The van der Waals surface area contributed by atoms with Gasteiger partial charge in [-0.1, -0.05) is 24.4 Å². The van der Waals surface area contributed by atoms with Gasteiger partial charge in [-0.05, 0) is 31.6 Å². The van der Waals surface area contributed by atoms with Gasteiger partial charge < -0.3 is 10.3 Å². The van der Waals surface area contributed by atoms with Crippen molar-refractivity contribution in [2.45, 2.75) is 64.1 Å². The van der Waals surface area contributed by atoms with E-state index in [4.69, 9.17) is 10.3 Å². The van der Waals surface area contributed by atoms with E-state index in [1.165, 1.54) is 51.5 Å². The van der Waals surface area contributed by atoms with Gasteiger partial charge in [0.15, 0.2) is 5.82 Å². The van der Waals surface area contributed by atoms with E-state index >= 15 is 0 Å². The topological polar surface area (TPSA) is 68.2 Å². The van der Waals surface area contributed by atoms with Crippen molar-refractivity contribution in [3.8, 4) is 0 Å². The molecule has 0 unspecified atom stereocenters. The van der Waals surface area contributed by atoms with Gasteiger partial charge in [0.25, 0.3) is 0 Å². The summed E-state index contributed by atoms with van der Waals surface area (Å²) >= 11 is 0. The Hall–Kier alpha value is -0.650. The minimum Gasteiger partial charge on any atom is -0.338 e. The molecule has 0 aromatic carbocycles. The van der Waals surface area contributed by atoms with E-state index in [1.807, 2.05) is 0 Å². The van der Waals surface area contributed by atoms with Crippen molar-refractivity contribution in [2.75, 3.05) is 6.54 Å². The SMILES string of the molecule is Cl.NCc1nc(CN(CC2CCCCC2)C2CC2)no1. The van der Waals surface area contributed by atoms with Crippen LogP contribution >= 0.6 is 12.4 Å². The minimum absolute atomic E-state index is 0. The molecule has 2 saturated carbocycles. The van der Waals surface area contributed by atoms with E-state index < -0.39 is 0 Å². The van der Waals surface area contributed by atoms with Gasteiger partial charge in [0.1, 0.15) is 0 Å². The summed E-state index contributed by atoms with van der Waals surface area (Å²) in [5, 5.41) is 4.02. The van der Waals surface area contributed by atoms with Crippen LogP contribution in [0, 0.1) is 5.92 Å². The highest BCUT2D eigenvalue weighted by Gasteiger charge is 2.31. The molecule has 1 heterocycles. The predicted molar refractivity (Wildman–Crippen MR) is 79.4 cm³/mol. The van der Waals surface area contributed by atoms with Crippen LogP contribution in [0.2, 0.25) is 0 Å². The van der Waals surface area contributed by atoms with Crippen LogP contribution in [0.4, 0.5) is 0 Å². The molecule has 2 fully saturated rings. The van der Waals surface area contributed by atoms with Gasteiger partial charge in [0, 0.05) is 12.6 Å². The average Bonchev–Trinajstić information content (AvgIpc) is 3.20. The molecule has 0 aliphatic heterocycles. The molecule has 6 heteroatoms. The molecule has 20 heavy (non-hydrogen) atoms. The van der Waals surface area contributed by atoms with Crippen LogP contribution in [-0.2, 0) is 13.1 Å². The molecule has 1 aromatic rings. The average molecular weight is 301 g/mol. The van der Waals surface area contributed by atoms with Gasteiger partial charge in [0.2, 0.25) is 5.89 Å². The van der Waals surface area contributed by atoms with Gasteiger partial charge in [-0.2, -0.15) is 4.98 Å². The highest BCUT2D eigenvalue weighted by Crippen LogP contribution is 2.32. The first-order valence-electron chi connectivity index (χ1n) is 7.60. The lowest BCUT2D eigenvalue weighted by Crippen LogP contribution is -2.32. The fraction of sp³-hybridized carbons (Fsp3) is 0.857. The zero-order chi connectivity index (χ0) is 13.1. The summed E-state index contributed by atoms with van der Waals surface area (Å²) in [7, 11) is 0. The summed E-state index contributed by atoms with van der Waals surface area (Å²) in [6.45, 7) is 2.36. The molecule has 1 aromatic heterocycles. The largest absolute Gasteiger partial charge is 0.338 e. The maximum Gasteiger partial charge on any atom is 0.240 e. The molecule has 2 aliphatic rings. The van der Waals surface area contributed by atoms with Crippen LogP contribution in [0.3, 0.4) is 0 Å². The van der Waals surface area contributed by atoms with E-state index in [2.05, 4.69) is 15.0 Å². The number of hydrogen-bond donors (Lipinski definition) is 1. The summed E-state index contributed by atoms with van der Waals surface area (Å²) in [5.41, 5.74) is 5.51. The monoisotopic (exact) mass is 300 g/mol. The molecule has 0 radical (unpaired) electrons. The fourth-order valence-corrected chi connectivity index (χ4v) is 3.10. The predicted octanol–water partition coefficient (Wildman–Crippen LogP) is 2.49. The Balaban J connectivity index is 0.00000147. The molecule has 2 N–H and O–H groups in total. The first kappa shape index (κ1) is 15.7. The standard InChI is InChI=1S/C14H24N4O.ClH/c15-8-14-16-13(17-19-14)10-18(12-6-7-12)9-11-4-2-1-3-5-11;/h11-12H,1-10,15H2;1H. The normalized spacial score (nSPS) is 20.1. The number of aromatic nitrogens is 2. The Morgan fingerprint density at radius 1 is 1.15 bits per heavy atom. The van der Waals surface area contributed by atoms with Crippen molar-refractivity contribution in [1.29, 1.82) is 0 Å². The summed E-state index contributed by atoms with van der Waals surface area (Å²) in [6.07, 6.45) is 9.67.